The van der Waals surface area contributed by atoms with Gasteiger partial charge in [0.15, 0.2) is 5.71 Å². The summed E-state index contributed by atoms with van der Waals surface area (Å²) in [5.41, 5.74) is 5.36. The van der Waals surface area contributed by atoms with E-state index in [-0.39, 0.29) is 5.71 Å². The summed E-state index contributed by atoms with van der Waals surface area (Å²) in [7, 11) is 3.66. The van der Waals surface area contributed by atoms with Gasteiger partial charge in [0.2, 0.25) is 0 Å². The van der Waals surface area contributed by atoms with E-state index in [1.165, 1.54) is 0 Å². The summed E-state index contributed by atoms with van der Waals surface area (Å²) >= 11 is 6.23. The van der Waals surface area contributed by atoms with Crippen LogP contribution in [0.5, 0.6) is 5.75 Å². The van der Waals surface area contributed by atoms with Crippen LogP contribution in [-0.4, -0.2) is 42.4 Å². The van der Waals surface area contributed by atoms with E-state index in [2.05, 4.69) is 15.4 Å². The van der Waals surface area contributed by atoms with Crippen molar-refractivity contribution in [2.75, 3.05) is 26.0 Å². The maximum Gasteiger partial charge on any atom is 0.278 e. The molecule has 0 saturated carbocycles. The first-order chi connectivity index (χ1) is 12.5. The molecule has 6 nitrogen and oxygen atoms in total. The van der Waals surface area contributed by atoms with Gasteiger partial charge in [0.05, 0.1) is 12.8 Å². The Hall–Kier alpha value is -2.57. The quantitative estimate of drug-likeness (QED) is 0.628. The van der Waals surface area contributed by atoms with E-state index < -0.39 is 5.91 Å². The minimum atomic E-state index is -0.395. The van der Waals surface area contributed by atoms with Crippen molar-refractivity contribution in [3.05, 3.63) is 46.0 Å². The normalized spacial score (nSPS) is 17.8. The number of rotatable bonds is 2. The molecule has 4 rings (SSSR count). The van der Waals surface area contributed by atoms with Crippen LogP contribution in [0.3, 0.4) is 0 Å². The summed E-state index contributed by atoms with van der Waals surface area (Å²) in [5, 5.41) is 16.0. The van der Waals surface area contributed by atoms with Crippen LogP contribution in [0.15, 0.2) is 29.4 Å². The molecule has 1 amide bonds. The number of fused-ring (bicyclic) bond motifs is 3. The molecule has 2 aromatic rings. The summed E-state index contributed by atoms with van der Waals surface area (Å²) < 4.78 is 5.53. The smallest absolute Gasteiger partial charge is 0.278 e. The molecule has 2 aromatic carbocycles. The monoisotopic (exact) mass is 371 g/mol. The lowest BCUT2D eigenvalue weighted by molar-refractivity contribution is -0.110. The fourth-order valence-electron chi connectivity index (χ4n) is 3.75. The van der Waals surface area contributed by atoms with E-state index in [0.717, 1.165) is 40.9 Å². The van der Waals surface area contributed by atoms with Crippen LogP contribution in [0, 0.1) is 0 Å². The number of halogens is 1. The maximum atomic E-state index is 12.2. The number of oxime groups is 1. The largest absolute Gasteiger partial charge is 0.496 e. The van der Waals surface area contributed by atoms with Crippen molar-refractivity contribution in [2.45, 2.75) is 13.0 Å². The topological polar surface area (TPSA) is 74.2 Å². The van der Waals surface area contributed by atoms with Gasteiger partial charge in [0.1, 0.15) is 5.75 Å². The lowest BCUT2D eigenvalue weighted by atomic mass is 9.87. The highest BCUT2D eigenvalue weighted by molar-refractivity contribution is 6.54. The average molecular weight is 372 g/mol. The number of ether oxygens (including phenoxy) is 1. The Morgan fingerprint density at radius 1 is 1.23 bits per heavy atom. The minimum absolute atomic E-state index is 0.0262. The molecule has 7 heteroatoms. The predicted octanol–water partition coefficient (Wildman–Crippen LogP) is 3.13. The summed E-state index contributed by atoms with van der Waals surface area (Å²) in [5.74, 6) is 0.309. The van der Waals surface area contributed by atoms with Crippen LogP contribution in [-0.2, 0) is 17.8 Å². The Morgan fingerprint density at radius 2 is 2.04 bits per heavy atom. The number of amides is 1. The molecule has 2 aliphatic rings. The third-order valence-corrected chi connectivity index (χ3v) is 5.22. The number of hydrogen-bond donors (Lipinski definition) is 2. The van der Waals surface area contributed by atoms with E-state index in [1.54, 1.807) is 13.2 Å². The third kappa shape index (κ3) is 2.53. The van der Waals surface area contributed by atoms with E-state index >= 15 is 0 Å². The highest BCUT2D eigenvalue weighted by atomic mass is 35.5. The molecule has 2 N–H and O–H groups in total. The first-order valence-electron chi connectivity index (χ1n) is 8.28. The number of hydrogen-bond acceptors (Lipinski definition) is 5. The first kappa shape index (κ1) is 16.9. The number of methoxy groups -OCH3 is 1. The van der Waals surface area contributed by atoms with Gasteiger partial charge in [0.25, 0.3) is 5.91 Å². The number of nitrogens with one attached hydrogen (secondary N) is 1. The SMILES string of the molecule is COc1ccc(Cl)cc1-c1cc2c(c3c1CCN(C)C3)NC(=O)/C2=N/O. The van der Waals surface area contributed by atoms with E-state index in [4.69, 9.17) is 16.3 Å². The Bertz CT molecular complexity index is 956. The van der Waals surface area contributed by atoms with Crippen LogP contribution in [0.2, 0.25) is 5.02 Å². The molecule has 0 atom stereocenters. The van der Waals surface area contributed by atoms with Crippen LogP contribution < -0.4 is 10.1 Å². The molecule has 2 heterocycles. The Balaban J connectivity index is 2.03. The molecule has 0 aromatic heterocycles. The summed E-state index contributed by atoms with van der Waals surface area (Å²) in [6.07, 6.45) is 0.839. The van der Waals surface area contributed by atoms with Crippen LogP contribution in [0.1, 0.15) is 16.7 Å². The second kappa shape index (κ2) is 6.30. The second-order valence-electron chi connectivity index (χ2n) is 6.54. The summed E-state index contributed by atoms with van der Waals surface area (Å²) in [6.45, 7) is 1.62. The lowest BCUT2D eigenvalue weighted by Gasteiger charge is -2.29. The molecule has 0 spiro atoms. The van der Waals surface area contributed by atoms with Crippen LogP contribution in [0.4, 0.5) is 5.69 Å². The molecular weight excluding hydrogens is 354 g/mol. The predicted molar refractivity (Wildman–Crippen MR) is 100 cm³/mol. The highest BCUT2D eigenvalue weighted by Crippen LogP contribution is 2.43. The van der Waals surface area contributed by atoms with Crippen molar-refractivity contribution in [1.29, 1.82) is 0 Å². The molecule has 26 heavy (non-hydrogen) atoms. The number of anilines is 1. The number of nitrogens with zero attached hydrogens (tertiary/aromatic N) is 2. The van der Waals surface area contributed by atoms with Gasteiger partial charge in [-0.05, 0) is 54.4 Å². The Labute approximate surface area is 156 Å². The minimum Gasteiger partial charge on any atom is -0.496 e. The van der Waals surface area contributed by atoms with Crippen molar-refractivity contribution in [2.24, 2.45) is 5.16 Å². The average Bonchev–Trinajstić information content (AvgIpc) is 2.96. The fraction of sp³-hybridized carbons (Fsp3) is 0.263. The number of benzene rings is 2. The van der Waals surface area contributed by atoms with Gasteiger partial charge in [-0.25, -0.2) is 0 Å². The fourth-order valence-corrected chi connectivity index (χ4v) is 3.92. The third-order valence-electron chi connectivity index (χ3n) is 4.98. The lowest BCUT2D eigenvalue weighted by Crippen LogP contribution is -2.27. The molecule has 0 fully saturated rings. The van der Waals surface area contributed by atoms with Gasteiger partial charge in [-0.1, -0.05) is 16.8 Å². The first-order valence-corrected chi connectivity index (χ1v) is 8.66. The van der Waals surface area contributed by atoms with Gasteiger partial charge >= 0.3 is 0 Å². The van der Waals surface area contributed by atoms with Crippen LogP contribution >= 0.6 is 11.6 Å². The zero-order valence-corrected chi connectivity index (χ0v) is 15.2. The van der Waals surface area contributed by atoms with E-state index in [0.29, 0.717) is 22.9 Å². The zero-order valence-electron chi connectivity index (χ0n) is 14.5. The molecule has 0 radical (unpaired) electrons. The molecule has 2 aliphatic heterocycles. The van der Waals surface area contributed by atoms with Crippen molar-refractivity contribution in [3.8, 4) is 16.9 Å². The van der Waals surface area contributed by atoms with Crippen molar-refractivity contribution in [1.82, 2.24) is 4.90 Å². The molecule has 0 bridgehead atoms. The van der Waals surface area contributed by atoms with Gasteiger partial charge in [-0.2, -0.15) is 0 Å². The Morgan fingerprint density at radius 3 is 2.77 bits per heavy atom. The molecule has 0 saturated heterocycles. The maximum absolute atomic E-state index is 12.2. The molecule has 134 valence electrons. The zero-order chi connectivity index (χ0) is 18.4. The number of carbonyl (C=O) groups excluding carboxylic acids is 1. The van der Waals surface area contributed by atoms with Gasteiger partial charge < -0.3 is 20.2 Å². The van der Waals surface area contributed by atoms with Crippen molar-refractivity contribution >= 4 is 28.9 Å². The molecule has 0 unspecified atom stereocenters. The van der Waals surface area contributed by atoms with Gasteiger partial charge in [-0.15, -0.1) is 0 Å². The Kier molecular flexibility index (Phi) is 4.09. The van der Waals surface area contributed by atoms with Gasteiger partial charge in [0, 0.05) is 29.2 Å². The molecular formula is C19H18ClN3O3. The number of likely N-dealkylation sites (N-methyl/N-ethyl adjacent to an activating group) is 1. The van der Waals surface area contributed by atoms with E-state index in [1.807, 2.05) is 25.2 Å². The summed E-state index contributed by atoms with van der Waals surface area (Å²) in [6, 6.07) is 7.36. The van der Waals surface area contributed by atoms with Crippen molar-refractivity contribution < 1.29 is 14.7 Å². The second-order valence-corrected chi connectivity index (χ2v) is 6.98. The molecule has 0 aliphatic carbocycles. The summed E-state index contributed by atoms with van der Waals surface area (Å²) in [4.78, 5) is 14.4. The van der Waals surface area contributed by atoms with Crippen molar-refractivity contribution in [3.63, 3.8) is 0 Å². The highest BCUT2D eigenvalue weighted by Gasteiger charge is 2.33. The van der Waals surface area contributed by atoms with Gasteiger partial charge in [-0.3, -0.25) is 4.79 Å². The van der Waals surface area contributed by atoms with Crippen LogP contribution in [0.25, 0.3) is 11.1 Å². The number of carbonyl (C=O) groups is 1. The van der Waals surface area contributed by atoms with E-state index in [9.17, 15) is 10.0 Å². The standard InChI is InChI=1S/C19H18ClN3O3/c1-23-6-5-11-12(13-7-10(20)3-4-16(13)26-2)8-14-17(15(11)9-23)21-19(24)18(14)22-25/h3-4,7-8,25H,5-6,9H2,1-2H3,(H,21,22,24).